The van der Waals surface area contributed by atoms with Crippen molar-refractivity contribution in [3.63, 3.8) is 0 Å². The van der Waals surface area contributed by atoms with Crippen LogP contribution in [-0.2, 0) is 19.4 Å². The molecule has 6 heteroatoms. The summed E-state index contributed by atoms with van der Waals surface area (Å²) in [6, 6.07) is 6.50. The number of hydrogen-bond donors (Lipinski definition) is 1. The fourth-order valence-corrected chi connectivity index (χ4v) is 2.83. The highest BCUT2D eigenvalue weighted by molar-refractivity contribution is 5.93. The standard InChI is InChI=1S/C17H18N2O4/c1-19(10-11-6-8-12(9-7-11)17(21)22)16(20)15-13-4-2-3-5-14(13)23-18-15/h6-9H,2-5,10H2,1H3,(H,21,22). The molecular weight excluding hydrogens is 296 g/mol. The molecule has 1 N–H and O–H groups in total. The summed E-state index contributed by atoms with van der Waals surface area (Å²) in [6.45, 7) is 0.389. The third kappa shape index (κ3) is 3.11. The van der Waals surface area contributed by atoms with Gasteiger partial charge >= 0.3 is 5.97 Å². The first-order valence-corrected chi connectivity index (χ1v) is 7.61. The van der Waals surface area contributed by atoms with Crippen molar-refractivity contribution in [2.75, 3.05) is 7.05 Å². The number of amides is 1. The molecule has 0 saturated carbocycles. The fraction of sp³-hybridized carbons (Fsp3) is 0.353. The first-order chi connectivity index (χ1) is 11.1. The zero-order valence-corrected chi connectivity index (χ0v) is 12.9. The fourth-order valence-electron chi connectivity index (χ4n) is 2.83. The lowest BCUT2D eigenvalue weighted by atomic mass is 9.96. The number of carboxylic acids is 1. The Labute approximate surface area is 133 Å². The van der Waals surface area contributed by atoms with Crippen molar-refractivity contribution >= 4 is 11.9 Å². The second kappa shape index (κ2) is 6.24. The van der Waals surface area contributed by atoms with Gasteiger partial charge in [-0.3, -0.25) is 4.79 Å². The third-order valence-corrected chi connectivity index (χ3v) is 4.12. The number of rotatable bonds is 4. The van der Waals surface area contributed by atoms with Gasteiger partial charge in [-0.25, -0.2) is 4.79 Å². The number of hydrogen-bond acceptors (Lipinski definition) is 4. The molecular formula is C17H18N2O4. The van der Waals surface area contributed by atoms with Crippen LogP contribution in [0.1, 0.15) is 50.6 Å². The van der Waals surface area contributed by atoms with Gasteiger partial charge in [0.05, 0.1) is 5.56 Å². The molecule has 1 aromatic heterocycles. The van der Waals surface area contributed by atoms with Crippen molar-refractivity contribution in [2.24, 2.45) is 0 Å². The summed E-state index contributed by atoms with van der Waals surface area (Å²) in [5.74, 6) is -0.298. The summed E-state index contributed by atoms with van der Waals surface area (Å²) in [5, 5.41) is 12.9. The Hall–Kier alpha value is -2.63. The molecule has 1 heterocycles. The van der Waals surface area contributed by atoms with Crippen molar-refractivity contribution in [1.82, 2.24) is 10.1 Å². The van der Waals surface area contributed by atoms with Crippen LogP contribution in [0, 0.1) is 0 Å². The quantitative estimate of drug-likeness (QED) is 0.937. The smallest absolute Gasteiger partial charge is 0.335 e. The van der Waals surface area contributed by atoms with E-state index >= 15 is 0 Å². The minimum atomic E-state index is -0.963. The van der Waals surface area contributed by atoms with E-state index in [0.717, 1.165) is 42.6 Å². The number of benzene rings is 1. The van der Waals surface area contributed by atoms with Crippen LogP contribution in [0.15, 0.2) is 28.8 Å². The second-order valence-corrected chi connectivity index (χ2v) is 5.80. The van der Waals surface area contributed by atoms with Gasteiger partial charge in [0, 0.05) is 25.6 Å². The van der Waals surface area contributed by atoms with Crippen LogP contribution in [0.5, 0.6) is 0 Å². The van der Waals surface area contributed by atoms with Crippen molar-refractivity contribution in [3.8, 4) is 0 Å². The number of aryl methyl sites for hydroxylation is 1. The lowest BCUT2D eigenvalue weighted by molar-refractivity contribution is 0.0695. The summed E-state index contributed by atoms with van der Waals surface area (Å²) in [4.78, 5) is 25.0. The highest BCUT2D eigenvalue weighted by Gasteiger charge is 2.26. The lowest BCUT2D eigenvalue weighted by Gasteiger charge is -2.17. The molecule has 2 aromatic rings. The monoisotopic (exact) mass is 314 g/mol. The van der Waals surface area contributed by atoms with E-state index in [4.69, 9.17) is 9.63 Å². The summed E-state index contributed by atoms with van der Waals surface area (Å²) >= 11 is 0. The van der Waals surface area contributed by atoms with Crippen LogP contribution < -0.4 is 0 Å². The SMILES string of the molecule is CN(Cc1ccc(C(=O)O)cc1)C(=O)c1noc2c1CCCC2. The van der Waals surface area contributed by atoms with E-state index in [1.54, 1.807) is 24.1 Å². The van der Waals surface area contributed by atoms with Crippen LogP contribution in [0.25, 0.3) is 0 Å². The van der Waals surface area contributed by atoms with Gasteiger partial charge in [-0.15, -0.1) is 0 Å². The molecule has 0 unspecified atom stereocenters. The number of nitrogens with zero attached hydrogens (tertiary/aromatic N) is 2. The Kier molecular flexibility index (Phi) is 4.14. The summed E-state index contributed by atoms with van der Waals surface area (Å²) in [7, 11) is 1.71. The van der Waals surface area contributed by atoms with E-state index in [0.29, 0.717) is 12.2 Å². The maximum Gasteiger partial charge on any atom is 0.335 e. The van der Waals surface area contributed by atoms with Crippen LogP contribution >= 0.6 is 0 Å². The van der Waals surface area contributed by atoms with Crippen molar-refractivity contribution in [1.29, 1.82) is 0 Å². The molecule has 0 atom stereocenters. The maximum atomic E-state index is 12.6. The molecule has 0 spiro atoms. The average molecular weight is 314 g/mol. The normalized spacial score (nSPS) is 13.4. The Morgan fingerprint density at radius 1 is 1.22 bits per heavy atom. The predicted molar refractivity (Wildman–Crippen MR) is 82.3 cm³/mol. The number of aromatic nitrogens is 1. The topological polar surface area (TPSA) is 83.6 Å². The van der Waals surface area contributed by atoms with Gasteiger partial charge in [0.1, 0.15) is 5.76 Å². The minimum Gasteiger partial charge on any atom is -0.478 e. The third-order valence-electron chi connectivity index (χ3n) is 4.12. The number of carboxylic acid groups (broad SMARTS) is 1. The molecule has 0 radical (unpaired) electrons. The summed E-state index contributed by atoms with van der Waals surface area (Å²) in [6.07, 6.45) is 3.80. The van der Waals surface area contributed by atoms with E-state index in [2.05, 4.69) is 5.16 Å². The van der Waals surface area contributed by atoms with Crippen molar-refractivity contribution < 1.29 is 19.2 Å². The number of fused-ring (bicyclic) bond motifs is 1. The summed E-state index contributed by atoms with van der Waals surface area (Å²) < 4.78 is 5.29. The average Bonchev–Trinajstić information content (AvgIpc) is 2.98. The van der Waals surface area contributed by atoms with E-state index in [9.17, 15) is 9.59 Å². The van der Waals surface area contributed by atoms with Crippen LogP contribution in [0.4, 0.5) is 0 Å². The molecule has 0 fully saturated rings. The molecule has 1 aromatic carbocycles. The molecule has 1 amide bonds. The van der Waals surface area contributed by atoms with Gasteiger partial charge in [-0.1, -0.05) is 17.3 Å². The first-order valence-electron chi connectivity index (χ1n) is 7.61. The molecule has 23 heavy (non-hydrogen) atoms. The Balaban J connectivity index is 1.72. The Morgan fingerprint density at radius 2 is 1.91 bits per heavy atom. The molecule has 1 aliphatic rings. The zero-order valence-electron chi connectivity index (χ0n) is 12.9. The first kappa shape index (κ1) is 15.3. The highest BCUT2D eigenvalue weighted by atomic mass is 16.5. The van der Waals surface area contributed by atoms with Gasteiger partial charge in [0.15, 0.2) is 5.69 Å². The van der Waals surface area contributed by atoms with Gasteiger partial charge in [-0.2, -0.15) is 0 Å². The van der Waals surface area contributed by atoms with Crippen LogP contribution in [0.2, 0.25) is 0 Å². The number of carbonyl (C=O) groups excluding carboxylic acids is 1. The largest absolute Gasteiger partial charge is 0.478 e. The van der Waals surface area contributed by atoms with Gasteiger partial charge in [0.2, 0.25) is 0 Å². The molecule has 1 aliphatic carbocycles. The second-order valence-electron chi connectivity index (χ2n) is 5.80. The molecule has 120 valence electrons. The molecule has 3 rings (SSSR count). The zero-order chi connectivity index (χ0) is 16.4. The Morgan fingerprint density at radius 3 is 2.61 bits per heavy atom. The molecule has 0 aliphatic heterocycles. The van der Waals surface area contributed by atoms with Crippen molar-refractivity contribution in [2.45, 2.75) is 32.2 Å². The predicted octanol–water partition coefficient (Wildman–Crippen LogP) is 2.52. The lowest BCUT2D eigenvalue weighted by Crippen LogP contribution is -2.27. The van der Waals surface area contributed by atoms with Gasteiger partial charge in [0.25, 0.3) is 5.91 Å². The number of carbonyl (C=O) groups is 2. The van der Waals surface area contributed by atoms with Gasteiger partial charge in [-0.05, 0) is 37.0 Å². The molecule has 0 bridgehead atoms. The number of aromatic carboxylic acids is 1. The molecule has 0 saturated heterocycles. The van der Waals surface area contributed by atoms with E-state index in [-0.39, 0.29) is 11.5 Å². The van der Waals surface area contributed by atoms with E-state index < -0.39 is 5.97 Å². The minimum absolute atomic E-state index is 0.167. The van der Waals surface area contributed by atoms with Crippen LogP contribution in [0.3, 0.4) is 0 Å². The van der Waals surface area contributed by atoms with E-state index in [1.165, 1.54) is 12.1 Å². The Bertz CT molecular complexity index is 734. The molecule has 6 nitrogen and oxygen atoms in total. The van der Waals surface area contributed by atoms with E-state index in [1.807, 2.05) is 0 Å². The highest BCUT2D eigenvalue weighted by Crippen LogP contribution is 2.25. The maximum absolute atomic E-state index is 12.6. The summed E-state index contributed by atoms with van der Waals surface area (Å²) in [5.41, 5.74) is 2.44. The van der Waals surface area contributed by atoms with Gasteiger partial charge < -0.3 is 14.5 Å². The van der Waals surface area contributed by atoms with Crippen molar-refractivity contribution in [3.05, 3.63) is 52.4 Å². The van der Waals surface area contributed by atoms with Crippen LogP contribution in [-0.4, -0.2) is 34.1 Å².